The van der Waals surface area contributed by atoms with Crippen LogP contribution in [0.4, 0.5) is 17.1 Å². The summed E-state index contributed by atoms with van der Waals surface area (Å²) in [5, 5.41) is 24.3. The van der Waals surface area contributed by atoms with E-state index < -0.39 is 32.8 Å². The van der Waals surface area contributed by atoms with E-state index in [0.717, 1.165) is 12.1 Å². The van der Waals surface area contributed by atoms with Gasteiger partial charge in [-0.25, -0.2) is 4.79 Å². The molecular formula is C15H11N3O7. The number of nitro benzene ring substituents is 2. The smallest absolute Gasteiger partial charge is 0.350 e. The number of nitrogens with one attached hydrogen (secondary N) is 1. The number of nitrogens with zero attached hydrogens (tertiary/aromatic N) is 2. The molecule has 2 aromatic carbocycles. The topological polar surface area (TPSA) is 142 Å². The molecule has 2 rings (SSSR count). The highest BCUT2D eigenvalue weighted by molar-refractivity contribution is 5.96. The van der Waals surface area contributed by atoms with Crippen molar-refractivity contribution in [3.8, 4) is 5.75 Å². The number of non-ortho nitro benzene ring substituents is 1. The van der Waals surface area contributed by atoms with Gasteiger partial charge in [0.1, 0.15) is 11.3 Å². The number of amides is 1. The van der Waals surface area contributed by atoms with Crippen LogP contribution in [0.2, 0.25) is 0 Å². The van der Waals surface area contributed by atoms with Crippen molar-refractivity contribution in [1.29, 1.82) is 0 Å². The average molecular weight is 345 g/mol. The number of anilines is 1. The predicted octanol–water partition coefficient (Wildman–Crippen LogP) is 2.68. The minimum absolute atomic E-state index is 0.0896. The molecule has 0 aromatic heterocycles. The van der Waals surface area contributed by atoms with E-state index in [0.29, 0.717) is 11.8 Å². The highest BCUT2D eigenvalue weighted by Gasteiger charge is 2.25. The third-order valence-electron chi connectivity index (χ3n) is 2.99. The molecule has 10 heteroatoms. The summed E-state index contributed by atoms with van der Waals surface area (Å²) in [5.74, 6) is -1.22. The molecule has 128 valence electrons. The maximum atomic E-state index is 12.1. The zero-order valence-corrected chi connectivity index (χ0v) is 12.8. The number of rotatable bonds is 5. The van der Waals surface area contributed by atoms with E-state index in [-0.39, 0.29) is 11.7 Å². The van der Waals surface area contributed by atoms with E-state index in [2.05, 4.69) is 5.32 Å². The molecular weight excluding hydrogens is 334 g/mol. The molecule has 0 fully saturated rings. The van der Waals surface area contributed by atoms with Crippen LogP contribution < -0.4 is 10.1 Å². The van der Waals surface area contributed by atoms with Crippen LogP contribution in [0.25, 0.3) is 0 Å². The molecule has 0 aliphatic rings. The molecule has 0 aliphatic heterocycles. The van der Waals surface area contributed by atoms with Gasteiger partial charge in [0.25, 0.3) is 11.4 Å². The largest absolute Gasteiger partial charge is 0.423 e. The summed E-state index contributed by atoms with van der Waals surface area (Å²) in [6.45, 7) is 1.33. The maximum Gasteiger partial charge on any atom is 0.350 e. The Labute approximate surface area is 140 Å². The normalized spacial score (nSPS) is 9.96. The van der Waals surface area contributed by atoms with E-state index in [4.69, 9.17) is 4.74 Å². The van der Waals surface area contributed by atoms with Gasteiger partial charge in [0.15, 0.2) is 0 Å². The van der Waals surface area contributed by atoms with Crippen LogP contribution in [-0.4, -0.2) is 21.7 Å². The Balaban J connectivity index is 2.24. The first-order chi connectivity index (χ1) is 11.8. The number of esters is 1. The lowest BCUT2D eigenvalue weighted by molar-refractivity contribution is -0.394. The second-order valence-corrected chi connectivity index (χ2v) is 4.81. The van der Waals surface area contributed by atoms with Gasteiger partial charge in [-0.3, -0.25) is 25.0 Å². The molecule has 0 saturated carbocycles. The van der Waals surface area contributed by atoms with Crippen molar-refractivity contribution in [2.75, 3.05) is 5.32 Å². The number of carbonyl (C=O) groups is 2. The first-order valence-corrected chi connectivity index (χ1v) is 6.80. The van der Waals surface area contributed by atoms with Gasteiger partial charge in [0.05, 0.1) is 15.9 Å². The molecule has 0 saturated heterocycles. The molecule has 0 radical (unpaired) electrons. The Kier molecular flexibility index (Phi) is 5.03. The minimum atomic E-state index is -1.03. The Morgan fingerprint density at radius 1 is 1.00 bits per heavy atom. The van der Waals surface area contributed by atoms with Gasteiger partial charge < -0.3 is 10.1 Å². The van der Waals surface area contributed by atoms with Crippen LogP contribution in [0.5, 0.6) is 5.75 Å². The van der Waals surface area contributed by atoms with Crippen molar-refractivity contribution in [3.05, 3.63) is 68.3 Å². The fraction of sp³-hybridized carbons (Fsp3) is 0.0667. The van der Waals surface area contributed by atoms with Gasteiger partial charge in [-0.15, -0.1) is 0 Å². The number of benzene rings is 2. The summed E-state index contributed by atoms with van der Waals surface area (Å²) in [4.78, 5) is 43.1. The highest BCUT2D eigenvalue weighted by Crippen LogP contribution is 2.26. The van der Waals surface area contributed by atoms with Crippen molar-refractivity contribution < 1.29 is 24.2 Å². The van der Waals surface area contributed by atoms with E-state index in [1.54, 1.807) is 0 Å². The molecule has 10 nitrogen and oxygen atoms in total. The average Bonchev–Trinajstić information content (AvgIpc) is 2.55. The third-order valence-corrected chi connectivity index (χ3v) is 2.99. The van der Waals surface area contributed by atoms with Gasteiger partial charge in [-0.1, -0.05) is 0 Å². The summed E-state index contributed by atoms with van der Waals surface area (Å²) in [5.41, 5.74) is -1.17. The quantitative estimate of drug-likeness (QED) is 0.380. The van der Waals surface area contributed by atoms with Crippen LogP contribution in [0.15, 0.2) is 42.5 Å². The zero-order chi connectivity index (χ0) is 18.6. The number of nitro groups is 2. The molecule has 2 aromatic rings. The first kappa shape index (κ1) is 17.5. The molecule has 0 unspecified atom stereocenters. The summed E-state index contributed by atoms with van der Waals surface area (Å²) in [7, 11) is 0. The fourth-order valence-electron chi connectivity index (χ4n) is 1.93. The van der Waals surface area contributed by atoms with E-state index in [1.165, 1.54) is 31.2 Å². The zero-order valence-electron chi connectivity index (χ0n) is 12.8. The molecule has 1 amide bonds. The molecule has 0 atom stereocenters. The van der Waals surface area contributed by atoms with Crippen molar-refractivity contribution in [3.63, 3.8) is 0 Å². The molecule has 0 bridgehead atoms. The van der Waals surface area contributed by atoms with Crippen LogP contribution >= 0.6 is 0 Å². The molecule has 0 heterocycles. The SMILES string of the molecule is CC(=O)Nc1ccc(OC(=O)c2ccc([N+](=O)[O-])cc2[N+](=O)[O-])cc1. The number of hydrogen-bond donors (Lipinski definition) is 1. The first-order valence-electron chi connectivity index (χ1n) is 6.80. The standard InChI is InChI=1S/C15H11N3O7/c1-9(19)16-10-2-5-12(6-3-10)25-15(20)13-7-4-11(17(21)22)8-14(13)18(23)24/h2-8H,1H3,(H,16,19). The molecule has 0 aliphatic carbocycles. The molecule has 0 spiro atoms. The van der Waals surface area contributed by atoms with E-state index in [1.807, 2.05) is 0 Å². The summed E-state index contributed by atoms with van der Waals surface area (Å²) < 4.78 is 5.03. The maximum absolute atomic E-state index is 12.1. The summed E-state index contributed by atoms with van der Waals surface area (Å²) >= 11 is 0. The van der Waals surface area contributed by atoms with Gasteiger partial charge in [0.2, 0.25) is 5.91 Å². The number of ether oxygens (including phenoxy) is 1. The van der Waals surface area contributed by atoms with Crippen LogP contribution in [0, 0.1) is 20.2 Å². The van der Waals surface area contributed by atoms with E-state index >= 15 is 0 Å². The second kappa shape index (κ2) is 7.17. The Hall–Kier alpha value is -3.82. The van der Waals surface area contributed by atoms with E-state index in [9.17, 15) is 29.8 Å². The van der Waals surface area contributed by atoms with Crippen molar-refractivity contribution in [2.24, 2.45) is 0 Å². The van der Waals surface area contributed by atoms with Gasteiger partial charge in [-0.2, -0.15) is 0 Å². The third kappa shape index (κ3) is 4.34. The number of carbonyl (C=O) groups excluding carboxylic acids is 2. The monoisotopic (exact) mass is 345 g/mol. The highest BCUT2D eigenvalue weighted by atomic mass is 16.6. The summed E-state index contributed by atoms with van der Waals surface area (Å²) in [6, 6.07) is 8.37. The minimum Gasteiger partial charge on any atom is -0.423 e. The van der Waals surface area contributed by atoms with Crippen LogP contribution in [0.3, 0.4) is 0 Å². The fourth-order valence-corrected chi connectivity index (χ4v) is 1.93. The number of hydrogen-bond acceptors (Lipinski definition) is 7. The van der Waals surface area contributed by atoms with Gasteiger partial charge in [-0.05, 0) is 30.3 Å². The Morgan fingerprint density at radius 3 is 2.16 bits per heavy atom. The van der Waals surface area contributed by atoms with Gasteiger partial charge >= 0.3 is 5.97 Å². The lowest BCUT2D eigenvalue weighted by atomic mass is 10.1. The van der Waals surface area contributed by atoms with Crippen LogP contribution in [0.1, 0.15) is 17.3 Å². The van der Waals surface area contributed by atoms with Gasteiger partial charge in [0, 0.05) is 18.7 Å². The lowest BCUT2D eigenvalue weighted by Crippen LogP contribution is -2.11. The Morgan fingerprint density at radius 2 is 1.64 bits per heavy atom. The predicted molar refractivity (Wildman–Crippen MR) is 85.5 cm³/mol. The van der Waals surface area contributed by atoms with Crippen molar-refractivity contribution >= 4 is 28.9 Å². The molecule has 1 N–H and O–H groups in total. The van der Waals surface area contributed by atoms with Crippen LogP contribution in [-0.2, 0) is 4.79 Å². The Bertz CT molecular complexity index is 862. The summed E-state index contributed by atoms with van der Waals surface area (Å²) in [6.07, 6.45) is 0. The van der Waals surface area contributed by atoms with Crippen molar-refractivity contribution in [2.45, 2.75) is 6.92 Å². The molecule has 25 heavy (non-hydrogen) atoms. The lowest BCUT2D eigenvalue weighted by Gasteiger charge is -2.06. The van der Waals surface area contributed by atoms with Crippen molar-refractivity contribution in [1.82, 2.24) is 0 Å². The second-order valence-electron chi connectivity index (χ2n) is 4.81.